The van der Waals surface area contributed by atoms with Crippen LogP contribution >= 0.6 is 0 Å². The molecule has 0 bridgehead atoms. The van der Waals surface area contributed by atoms with Gasteiger partial charge in [0.05, 0.1) is 28.3 Å². The van der Waals surface area contributed by atoms with Crippen LogP contribution in [0.4, 0.5) is 11.4 Å². The number of benzene rings is 2. The third-order valence-electron chi connectivity index (χ3n) is 4.55. The van der Waals surface area contributed by atoms with Crippen LogP contribution in [0.3, 0.4) is 0 Å². The van der Waals surface area contributed by atoms with E-state index in [0.29, 0.717) is 29.9 Å². The summed E-state index contributed by atoms with van der Waals surface area (Å²) < 4.78 is 34.2. The molecule has 0 saturated carbocycles. The molecule has 0 unspecified atom stereocenters. The average Bonchev–Trinajstić information content (AvgIpc) is 2.89. The van der Waals surface area contributed by atoms with Gasteiger partial charge in [-0.05, 0) is 30.3 Å². The van der Waals surface area contributed by atoms with Crippen LogP contribution in [0.2, 0.25) is 0 Å². The van der Waals surface area contributed by atoms with Crippen molar-refractivity contribution >= 4 is 32.5 Å². The standard InChI is InChI=1S/C17H17N3O4S/c1-18-9-10-20(14-6-4-3-5-13(14)18)25(22,23)12-7-8-16-15(11-12)19(2)17(21)24-16/h3-8,11H,9-10H2,1-2H3. The van der Waals surface area contributed by atoms with Gasteiger partial charge in [0.15, 0.2) is 5.58 Å². The molecule has 1 aromatic heterocycles. The first-order chi connectivity index (χ1) is 11.9. The van der Waals surface area contributed by atoms with Crippen molar-refractivity contribution in [3.63, 3.8) is 0 Å². The maximum Gasteiger partial charge on any atom is 0.419 e. The minimum atomic E-state index is -3.75. The molecular formula is C17H17N3O4S. The monoisotopic (exact) mass is 359 g/mol. The smallest absolute Gasteiger partial charge is 0.408 e. The van der Waals surface area contributed by atoms with E-state index in [1.165, 1.54) is 27.1 Å². The zero-order chi connectivity index (χ0) is 17.8. The summed E-state index contributed by atoms with van der Waals surface area (Å²) in [5.41, 5.74) is 2.34. The van der Waals surface area contributed by atoms with Gasteiger partial charge < -0.3 is 9.32 Å². The van der Waals surface area contributed by atoms with E-state index >= 15 is 0 Å². The molecule has 130 valence electrons. The summed E-state index contributed by atoms with van der Waals surface area (Å²) in [5, 5.41) is 0. The molecule has 0 saturated heterocycles. The molecule has 1 aliphatic heterocycles. The van der Waals surface area contributed by atoms with E-state index in [1.54, 1.807) is 13.1 Å². The zero-order valence-electron chi connectivity index (χ0n) is 13.8. The predicted molar refractivity (Wildman–Crippen MR) is 95.7 cm³/mol. The van der Waals surface area contributed by atoms with E-state index in [-0.39, 0.29) is 4.90 Å². The van der Waals surface area contributed by atoms with Gasteiger partial charge in [-0.2, -0.15) is 0 Å². The number of anilines is 2. The van der Waals surface area contributed by atoms with Crippen LogP contribution in [-0.4, -0.2) is 33.1 Å². The summed E-state index contributed by atoms with van der Waals surface area (Å²) in [6.45, 7) is 0.959. The van der Waals surface area contributed by atoms with Gasteiger partial charge in [0.1, 0.15) is 0 Å². The minimum absolute atomic E-state index is 0.135. The first-order valence-electron chi connectivity index (χ1n) is 7.82. The van der Waals surface area contributed by atoms with Gasteiger partial charge in [0.25, 0.3) is 10.0 Å². The number of likely N-dealkylation sites (N-methyl/N-ethyl adjacent to an activating group) is 1. The maximum absolute atomic E-state index is 13.2. The molecule has 0 radical (unpaired) electrons. The number of sulfonamides is 1. The molecular weight excluding hydrogens is 342 g/mol. The molecule has 2 aromatic carbocycles. The largest absolute Gasteiger partial charge is 0.419 e. The predicted octanol–water partition coefficient (Wildman–Crippen LogP) is 1.78. The number of nitrogens with zero attached hydrogens (tertiary/aromatic N) is 3. The Balaban J connectivity index is 1.87. The summed E-state index contributed by atoms with van der Waals surface area (Å²) >= 11 is 0. The maximum atomic E-state index is 13.2. The Morgan fingerprint density at radius 2 is 1.72 bits per heavy atom. The van der Waals surface area contributed by atoms with Crippen molar-refractivity contribution in [2.45, 2.75) is 4.90 Å². The van der Waals surface area contributed by atoms with Gasteiger partial charge in [0.2, 0.25) is 0 Å². The highest BCUT2D eigenvalue weighted by atomic mass is 32.2. The Kier molecular flexibility index (Phi) is 3.40. The van der Waals surface area contributed by atoms with Gasteiger partial charge in [-0.15, -0.1) is 0 Å². The molecule has 7 nitrogen and oxygen atoms in total. The highest BCUT2D eigenvalue weighted by Gasteiger charge is 2.31. The Hall–Kier alpha value is -2.74. The minimum Gasteiger partial charge on any atom is -0.408 e. The quantitative estimate of drug-likeness (QED) is 0.697. The molecule has 0 atom stereocenters. The zero-order valence-corrected chi connectivity index (χ0v) is 14.7. The van der Waals surface area contributed by atoms with E-state index < -0.39 is 15.8 Å². The summed E-state index contributed by atoms with van der Waals surface area (Å²) in [7, 11) is -0.256. The molecule has 25 heavy (non-hydrogen) atoms. The lowest BCUT2D eigenvalue weighted by Gasteiger charge is -2.36. The molecule has 1 aliphatic rings. The molecule has 4 rings (SSSR count). The van der Waals surface area contributed by atoms with Crippen molar-refractivity contribution in [3.8, 4) is 0 Å². The number of rotatable bonds is 2. The Labute approximate surface area is 144 Å². The van der Waals surface area contributed by atoms with E-state index in [0.717, 1.165) is 5.69 Å². The average molecular weight is 359 g/mol. The first kappa shape index (κ1) is 15.8. The van der Waals surface area contributed by atoms with Crippen LogP contribution in [0.5, 0.6) is 0 Å². The lowest BCUT2D eigenvalue weighted by molar-refractivity contribution is 0.528. The third kappa shape index (κ3) is 2.32. The Morgan fingerprint density at radius 3 is 2.48 bits per heavy atom. The summed E-state index contributed by atoms with van der Waals surface area (Å²) in [5.74, 6) is -0.519. The number of para-hydroxylation sites is 2. The molecule has 2 heterocycles. The summed E-state index contributed by atoms with van der Waals surface area (Å²) in [6.07, 6.45) is 0. The Bertz CT molecular complexity index is 1130. The lowest BCUT2D eigenvalue weighted by atomic mass is 10.2. The fourth-order valence-electron chi connectivity index (χ4n) is 3.12. The van der Waals surface area contributed by atoms with Crippen molar-refractivity contribution in [3.05, 3.63) is 53.0 Å². The lowest BCUT2D eigenvalue weighted by Crippen LogP contribution is -2.42. The molecule has 0 aliphatic carbocycles. The van der Waals surface area contributed by atoms with Crippen molar-refractivity contribution in [2.75, 3.05) is 29.3 Å². The van der Waals surface area contributed by atoms with E-state index in [9.17, 15) is 13.2 Å². The van der Waals surface area contributed by atoms with Crippen LogP contribution < -0.4 is 15.0 Å². The number of oxazole rings is 1. The second-order valence-electron chi connectivity index (χ2n) is 6.04. The van der Waals surface area contributed by atoms with Gasteiger partial charge in [-0.25, -0.2) is 13.2 Å². The number of aryl methyl sites for hydroxylation is 1. The molecule has 0 fully saturated rings. The fourth-order valence-corrected chi connectivity index (χ4v) is 4.61. The summed E-state index contributed by atoms with van der Waals surface area (Å²) in [6, 6.07) is 11.9. The van der Waals surface area contributed by atoms with Gasteiger partial charge >= 0.3 is 5.76 Å². The highest BCUT2D eigenvalue weighted by molar-refractivity contribution is 7.92. The van der Waals surface area contributed by atoms with Gasteiger partial charge in [-0.1, -0.05) is 12.1 Å². The molecule has 8 heteroatoms. The van der Waals surface area contributed by atoms with Crippen molar-refractivity contribution in [1.29, 1.82) is 0 Å². The summed E-state index contributed by atoms with van der Waals surface area (Å²) in [4.78, 5) is 13.8. The number of fused-ring (bicyclic) bond motifs is 2. The van der Waals surface area contributed by atoms with Crippen LogP contribution in [0, 0.1) is 0 Å². The number of hydrogen-bond donors (Lipinski definition) is 0. The van der Waals surface area contributed by atoms with Gasteiger partial charge in [-0.3, -0.25) is 8.87 Å². The Morgan fingerprint density at radius 1 is 1.00 bits per heavy atom. The van der Waals surface area contributed by atoms with Crippen LogP contribution in [0.25, 0.3) is 11.1 Å². The second-order valence-corrected chi connectivity index (χ2v) is 7.91. The van der Waals surface area contributed by atoms with Crippen molar-refractivity contribution in [2.24, 2.45) is 7.05 Å². The van der Waals surface area contributed by atoms with E-state index in [2.05, 4.69) is 0 Å². The van der Waals surface area contributed by atoms with Crippen molar-refractivity contribution in [1.82, 2.24) is 4.57 Å². The molecule has 3 aromatic rings. The number of aromatic nitrogens is 1. The van der Waals surface area contributed by atoms with E-state index in [4.69, 9.17) is 4.42 Å². The normalized spacial score (nSPS) is 14.8. The first-order valence-corrected chi connectivity index (χ1v) is 9.26. The van der Waals surface area contributed by atoms with Crippen LogP contribution in [0.15, 0.2) is 56.6 Å². The van der Waals surface area contributed by atoms with Crippen LogP contribution in [0.1, 0.15) is 0 Å². The second kappa shape index (κ2) is 5.38. The molecule has 0 N–H and O–H groups in total. The van der Waals surface area contributed by atoms with Crippen molar-refractivity contribution < 1.29 is 12.8 Å². The third-order valence-corrected chi connectivity index (χ3v) is 6.36. The highest BCUT2D eigenvalue weighted by Crippen LogP contribution is 2.35. The number of hydrogen-bond acceptors (Lipinski definition) is 5. The fraction of sp³-hybridized carbons (Fsp3) is 0.235. The van der Waals surface area contributed by atoms with Gasteiger partial charge in [0, 0.05) is 20.6 Å². The van der Waals surface area contributed by atoms with Crippen LogP contribution in [-0.2, 0) is 17.1 Å². The SMILES string of the molecule is CN1CCN(S(=O)(=O)c2ccc3oc(=O)n(C)c3c2)c2ccccc21. The topological polar surface area (TPSA) is 75.8 Å². The molecule has 0 amide bonds. The molecule has 0 spiro atoms. The van der Waals surface area contributed by atoms with E-state index in [1.807, 2.05) is 30.1 Å².